The Morgan fingerprint density at radius 3 is 2.83 bits per heavy atom. The summed E-state index contributed by atoms with van der Waals surface area (Å²) in [5.41, 5.74) is 1.29. The summed E-state index contributed by atoms with van der Waals surface area (Å²) in [6.07, 6.45) is 4.54. The zero-order chi connectivity index (χ0) is 13.5. The average molecular weight is 268 g/mol. The van der Waals surface area contributed by atoms with Crippen LogP contribution in [0.15, 0.2) is 29.1 Å². The highest BCUT2D eigenvalue weighted by atomic mass is 35.5. The van der Waals surface area contributed by atoms with E-state index in [-0.39, 0.29) is 10.8 Å². The number of rotatable bonds is 6. The molecule has 18 heavy (non-hydrogen) atoms. The SMILES string of the molecule is CCCC(C)C/C(=C\c1ccc(O)c(Cl)c1)N=O. The number of phenolic OH excluding ortho intramolecular Hbond substituents is 1. The minimum Gasteiger partial charge on any atom is -0.506 e. The van der Waals surface area contributed by atoms with Gasteiger partial charge in [0.25, 0.3) is 0 Å². The van der Waals surface area contributed by atoms with Crippen LogP contribution in [0, 0.1) is 10.8 Å². The fourth-order valence-corrected chi connectivity index (χ4v) is 2.07. The standard InChI is InChI=1S/C14H18ClNO2/c1-3-4-10(2)7-12(16-18)8-11-5-6-14(17)13(15)9-11/h5-6,8-10,17H,3-4,7H2,1-2H3/b12-8+. The van der Waals surface area contributed by atoms with Crippen molar-refractivity contribution in [3.63, 3.8) is 0 Å². The maximum absolute atomic E-state index is 10.8. The lowest BCUT2D eigenvalue weighted by atomic mass is 9.99. The molecule has 98 valence electrons. The summed E-state index contributed by atoms with van der Waals surface area (Å²) >= 11 is 5.81. The highest BCUT2D eigenvalue weighted by Crippen LogP contribution is 2.26. The summed E-state index contributed by atoms with van der Waals surface area (Å²) in [5, 5.41) is 12.6. The number of benzene rings is 1. The van der Waals surface area contributed by atoms with Gasteiger partial charge in [0.2, 0.25) is 0 Å². The van der Waals surface area contributed by atoms with E-state index in [4.69, 9.17) is 11.6 Å². The summed E-state index contributed by atoms with van der Waals surface area (Å²) in [6.45, 7) is 4.22. The maximum atomic E-state index is 10.8. The zero-order valence-electron chi connectivity index (χ0n) is 10.7. The van der Waals surface area contributed by atoms with Crippen LogP contribution in [-0.2, 0) is 0 Å². The quantitative estimate of drug-likeness (QED) is 0.739. The molecule has 3 nitrogen and oxygen atoms in total. The van der Waals surface area contributed by atoms with E-state index in [1.54, 1.807) is 18.2 Å². The minimum absolute atomic E-state index is 0.0359. The lowest BCUT2D eigenvalue weighted by molar-refractivity contribution is 0.475. The Balaban J connectivity index is 2.83. The average Bonchev–Trinajstić information content (AvgIpc) is 2.33. The van der Waals surface area contributed by atoms with Gasteiger partial charge in [-0.2, -0.15) is 0 Å². The van der Waals surface area contributed by atoms with E-state index >= 15 is 0 Å². The second-order valence-corrected chi connectivity index (χ2v) is 4.94. The second kappa shape index (κ2) is 7.17. The molecule has 0 spiro atoms. The van der Waals surface area contributed by atoms with E-state index in [1.807, 2.05) is 0 Å². The van der Waals surface area contributed by atoms with Gasteiger partial charge in [-0.15, -0.1) is 4.91 Å². The lowest BCUT2D eigenvalue weighted by Gasteiger charge is -2.08. The van der Waals surface area contributed by atoms with Crippen LogP contribution in [0.4, 0.5) is 0 Å². The van der Waals surface area contributed by atoms with Crippen molar-refractivity contribution in [1.82, 2.24) is 0 Å². The molecule has 1 aromatic carbocycles. The Morgan fingerprint density at radius 2 is 2.28 bits per heavy atom. The van der Waals surface area contributed by atoms with Gasteiger partial charge in [0.1, 0.15) is 5.75 Å². The maximum Gasteiger partial charge on any atom is 0.134 e. The molecule has 0 amide bonds. The van der Waals surface area contributed by atoms with Gasteiger partial charge in [-0.1, -0.05) is 44.4 Å². The first-order chi connectivity index (χ1) is 8.56. The molecule has 0 saturated heterocycles. The topological polar surface area (TPSA) is 49.7 Å². The molecule has 0 bridgehead atoms. The first kappa shape index (κ1) is 14.7. The molecule has 0 radical (unpaired) electrons. The van der Waals surface area contributed by atoms with Crippen molar-refractivity contribution in [3.8, 4) is 5.75 Å². The fraction of sp³-hybridized carbons (Fsp3) is 0.429. The largest absolute Gasteiger partial charge is 0.506 e. The summed E-state index contributed by atoms with van der Waals surface area (Å²) in [5.74, 6) is 0.473. The molecule has 4 heteroatoms. The Kier molecular flexibility index (Phi) is 5.86. The molecule has 0 aliphatic heterocycles. The molecule has 1 rings (SSSR count). The molecule has 0 aliphatic rings. The van der Waals surface area contributed by atoms with Crippen molar-refractivity contribution >= 4 is 17.7 Å². The molecule has 0 aromatic heterocycles. The highest BCUT2D eigenvalue weighted by molar-refractivity contribution is 6.32. The van der Waals surface area contributed by atoms with Crippen LogP contribution in [0.1, 0.15) is 38.7 Å². The number of nitroso groups, excluding NO2 is 1. The number of halogens is 1. The number of hydrogen-bond acceptors (Lipinski definition) is 3. The number of phenols is 1. The molecule has 0 fully saturated rings. The van der Waals surface area contributed by atoms with Crippen molar-refractivity contribution in [3.05, 3.63) is 39.4 Å². The number of nitrogens with zero attached hydrogens (tertiary/aromatic N) is 1. The summed E-state index contributed by atoms with van der Waals surface area (Å²) < 4.78 is 0. The van der Waals surface area contributed by atoms with Gasteiger partial charge in [-0.3, -0.25) is 0 Å². The molecule has 1 N–H and O–H groups in total. The van der Waals surface area contributed by atoms with Crippen LogP contribution in [0.5, 0.6) is 5.75 Å². The molecule has 1 unspecified atom stereocenters. The van der Waals surface area contributed by atoms with E-state index in [0.29, 0.717) is 18.0 Å². The molecule has 1 atom stereocenters. The third-order valence-electron chi connectivity index (χ3n) is 2.76. The minimum atomic E-state index is 0.0359. The predicted molar refractivity (Wildman–Crippen MR) is 75.6 cm³/mol. The van der Waals surface area contributed by atoms with E-state index in [0.717, 1.165) is 18.4 Å². The van der Waals surface area contributed by atoms with E-state index in [1.165, 1.54) is 6.07 Å². The van der Waals surface area contributed by atoms with Gasteiger partial charge in [0, 0.05) is 0 Å². The Bertz CT molecular complexity index is 443. The number of allylic oxidation sites excluding steroid dienone is 1. The number of aromatic hydroxyl groups is 1. The smallest absolute Gasteiger partial charge is 0.134 e. The Labute approximate surface area is 112 Å². The molecule has 0 heterocycles. The first-order valence-corrected chi connectivity index (χ1v) is 6.47. The van der Waals surface area contributed by atoms with Gasteiger partial charge in [0.05, 0.1) is 10.7 Å². The van der Waals surface area contributed by atoms with Crippen LogP contribution in [0.25, 0.3) is 6.08 Å². The first-order valence-electron chi connectivity index (χ1n) is 6.09. The van der Waals surface area contributed by atoms with E-state index < -0.39 is 0 Å². The normalized spacial score (nSPS) is 13.4. The molecular formula is C14H18ClNO2. The molecule has 0 saturated carbocycles. The van der Waals surface area contributed by atoms with Gasteiger partial charge < -0.3 is 5.11 Å². The van der Waals surface area contributed by atoms with Crippen molar-refractivity contribution in [2.24, 2.45) is 11.1 Å². The number of hydrogen-bond donors (Lipinski definition) is 1. The molecule has 0 aliphatic carbocycles. The third-order valence-corrected chi connectivity index (χ3v) is 3.06. The zero-order valence-corrected chi connectivity index (χ0v) is 11.4. The van der Waals surface area contributed by atoms with E-state index in [9.17, 15) is 10.0 Å². The molecular weight excluding hydrogens is 250 g/mol. The van der Waals surface area contributed by atoms with Gasteiger partial charge >= 0.3 is 0 Å². The van der Waals surface area contributed by atoms with Gasteiger partial charge in [-0.05, 0) is 41.3 Å². The summed E-state index contributed by atoms with van der Waals surface area (Å²) in [7, 11) is 0. The Morgan fingerprint density at radius 1 is 1.56 bits per heavy atom. The van der Waals surface area contributed by atoms with Crippen LogP contribution < -0.4 is 0 Å². The highest BCUT2D eigenvalue weighted by Gasteiger charge is 2.06. The van der Waals surface area contributed by atoms with Crippen molar-refractivity contribution in [2.45, 2.75) is 33.1 Å². The monoisotopic (exact) mass is 267 g/mol. The van der Waals surface area contributed by atoms with Crippen LogP contribution in [-0.4, -0.2) is 5.11 Å². The third kappa shape index (κ3) is 4.49. The van der Waals surface area contributed by atoms with E-state index in [2.05, 4.69) is 19.0 Å². The van der Waals surface area contributed by atoms with Gasteiger partial charge in [0.15, 0.2) is 0 Å². The van der Waals surface area contributed by atoms with Crippen LogP contribution in [0.3, 0.4) is 0 Å². The Hall–Kier alpha value is -1.35. The van der Waals surface area contributed by atoms with Crippen molar-refractivity contribution in [2.75, 3.05) is 0 Å². The second-order valence-electron chi connectivity index (χ2n) is 4.54. The lowest BCUT2D eigenvalue weighted by Crippen LogP contribution is -1.95. The fourth-order valence-electron chi connectivity index (χ4n) is 1.88. The van der Waals surface area contributed by atoms with Gasteiger partial charge in [-0.25, -0.2) is 0 Å². The predicted octanol–water partition coefficient (Wildman–Crippen LogP) is 4.98. The van der Waals surface area contributed by atoms with Crippen LogP contribution >= 0.6 is 11.6 Å². The summed E-state index contributed by atoms with van der Waals surface area (Å²) in [6, 6.07) is 4.83. The molecule has 1 aromatic rings. The van der Waals surface area contributed by atoms with Crippen LogP contribution in [0.2, 0.25) is 5.02 Å². The summed E-state index contributed by atoms with van der Waals surface area (Å²) in [4.78, 5) is 10.8. The van der Waals surface area contributed by atoms with Crippen molar-refractivity contribution < 1.29 is 5.11 Å². The van der Waals surface area contributed by atoms with Crippen molar-refractivity contribution in [1.29, 1.82) is 0 Å².